The third-order valence-electron chi connectivity index (χ3n) is 3.03. The molecule has 1 saturated carbocycles. The third-order valence-corrected chi connectivity index (χ3v) is 3.03. The van der Waals surface area contributed by atoms with Crippen molar-refractivity contribution >= 4 is 0 Å². The lowest BCUT2D eigenvalue weighted by Crippen LogP contribution is -1.83. The van der Waals surface area contributed by atoms with Crippen LogP contribution in [0.2, 0.25) is 0 Å². The molecule has 3 rings (SSSR count). The average Bonchev–Trinajstić information content (AvgIpc) is 3.11. The topological polar surface area (TPSA) is 0 Å². The van der Waals surface area contributed by atoms with E-state index in [4.69, 9.17) is 0 Å². The lowest BCUT2D eigenvalue weighted by molar-refractivity contribution is 1.14. The molecular formula is C15H13+. The fraction of sp³-hybridized carbons (Fsp3) is 0.133. The van der Waals surface area contributed by atoms with Crippen molar-refractivity contribution in [3.63, 3.8) is 0 Å². The zero-order chi connectivity index (χ0) is 10.1. The van der Waals surface area contributed by atoms with E-state index in [9.17, 15) is 0 Å². The predicted molar refractivity (Wildman–Crippen MR) is 62.6 cm³/mol. The summed E-state index contributed by atoms with van der Waals surface area (Å²) in [5, 5.41) is 0. The van der Waals surface area contributed by atoms with Crippen LogP contribution in [0, 0.1) is 5.92 Å². The monoisotopic (exact) mass is 193 g/mol. The van der Waals surface area contributed by atoms with E-state index in [2.05, 4.69) is 60.7 Å². The Bertz CT molecular complexity index is 387. The van der Waals surface area contributed by atoms with E-state index < -0.39 is 0 Å². The molecule has 2 aromatic rings. The molecule has 1 aliphatic rings. The molecule has 1 aliphatic carbocycles. The highest BCUT2D eigenvalue weighted by molar-refractivity contribution is 5.48. The van der Waals surface area contributed by atoms with E-state index in [1.807, 2.05) is 0 Å². The molecule has 0 amide bonds. The first kappa shape index (κ1) is 8.60. The number of benzene rings is 2. The second-order valence-electron chi connectivity index (χ2n) is 4.06. The molecule has 0 heteroatoms. The van der Waals surface area contributed by atoms with Gasteiger partial charge in [0.15, 0.2) is 0 Å². The van der Waals surface area contributed by atoms with Crippen molar-refractivity contribution in [2.24, 2.45) is 0 Å². The fourth-order valence-corrected chi connectivity index (χ4v) is 2.14. The Morgan fingerprint density at radius 3 is 2.07 bits per heavy atom. The van der Waals surface area contributed by atoms with Gasteiger partial charge in [-0.2, -0.15) is 0 Å². The summed E-state index contributed by atoms with van der Waals surface area (Å²) in [6.07, 6.45) is 1.23. The smallest absolute Gasteiger partial charge is 0.0622 e. The maximum Gasteiger partial charge on any atom is 0.133 e. The van der Waals surface area contributed by atoms with Gasteiger partial charge in [0.25, 0.3) is 0 Å². The van der Waals surface area contributed by atoms with Crippen LogP contribution in [-0.4, -0.2) is 0 Å². The minimum Gasteiger partial charge on any atom is -0.0622 e. The van der Waals surface area contributed by atoms with Gasteiger partial charge in [0.05, 0.1) is 5.92 Å². The molecule has 0 spiro atoms. The highest BCUT2D eigenvalue weighted by Gasteiger charge is 2.46. The molecule has 0 saturated heterocycles. The van der Waals surface area contributed by atoms with Crippen LogP contribution < -0.4 is 0 Å². The van der Waals surface area contributed by atoms with Crippen molar-refractivity contribution in [2.45, 2.75) is 12.3 Å². The zero-order valence-corrected chi connectivity index (χ0v) is 8.56. The number of rotatable bonds is 2. The minimum absolute atomic E-state index is 0.675. The van der Waals surface area contributed by atoms with Crippen molar-refractivity contribution in [1.82, 2.24) is 0 Å². The molecule has 15 heavy (non-hydrogen) atoms. The van der Waals surface area contributed by atoms with E-state index in [0.29, 0.717) is 5.92 Å². The van der Waals surface area contributed by atoms with Gasteiger partial charge >= 0.3 is 0 Å². The predicted octanol–water partition coefficient (Wildman–Crippen LogP) is 3.80. The highest BCUT2D eigenvalue weighted by atomic mass is 14.4. The van der Waals surface area contributed by atoms with E-state index in [0.717, 1.165) is 0 Å². The van der Waals surface area contributed by atoms with Crippen molar-refractivity contribution in [1.29, 1.82) is 0 Å². The summed E-state index contributed by atoms with van der Waals surface area (Å²) >= 11 is 0. The van der Waals surface area contributed by atoms with Gasteiger partial charge in [-0.1, -0.05) is 30.3 Å². The summed E-state index contributed by atoms with van der Waals surface area (Å²) in [6.45, 7) is 0. The van der Waals surface area contributed by atoms with Crippen LogP contribution in [0.5, 0.6) is 0 Å². The molecule has 1 unspecified atom stereocenters. The summed E-state index contributed by atoms with van der Waals surface area (Å²) in [4.78, 5) is 0. The molecule has 0 N–H and O–H groups in total. The maximum atomic E-state index is 2.22. The quantitative estimate of drug-likeness (QED) is 0.636. The molecule has 2 aromatic carbocycles. The second-order valence-corrected chi connectivity index (χ2v) is 4.06. The van der Waals surface area contributed by atoms with Gasteiger partial charge in [-0.15, -0.1) is 0 Å². The molecule has 0 bridgehead atoms. The van der Waals surface area contributed by atoms with Crippen molar-refractivity contribution < 1.29 is 0 Å². The third kappa shape index (κ3) is 1.63. The second kappa shape index (κ2) is 3.47. The Balaban J connectivity index is 1.81. The summed E-state index contributed by atoms with van der Waals surface area (Å²) in [6, 6.07) is 21.5. The molecule has 0 heterocycles. The van der Waals surface area contributed by atoms with Gasteiger partial charge in [0.1, 0.15) is 5.56 Å². The molecule has 0 nitrogen and oxygen atoms in total. The molecular weight excluding hydrogens is 180 g/mol. The Morgan fingerprint density at radius 1 is 0.800 bits per heavy atom. The number of hydrogen-bond acceptors (Lipinski definition) is 0. The molecule has 72 valence electrons. The standard InChI is InChI=1S/C15H13/c1-3-7-12(8-4-1)14-11-15(14)13-9-5-2-6-10-13/h1-10,14H,11H2/q+1. The summed E-state index contributed by atoms with van der Waals surface area (Å²) in [7, 11) is 0. The van der Waals surface area contributed by atoms with Gasteiger partial charge in [-0.3, -0.25) is 0 Å². The van der Waals surface area contributed by atoms with Crippen molar-refractivity contribution in [3.8, 4) is 0 Å². The van der Waals surface area contributed by atoms with E-state index in [-0.39, 0.29) is 0 Å². The highest BCUT2D eigenvalue weighted by Crippen LogP contribution is 2.53. The summed E-state index contributed by atoms with van der Waals surface area (Å²) in [5.74, 6) is 2.26. The average molecular weight is 193 g/mol. The fourth-order valence-electron chi connectivity index (χ4n) is 2.14. The SMILES string of the molecule is c1ccc([C+]2CC2c2ccccc2)cc1. The van der Waals surface area contributed by atoms with Crippen molar-refractivity contribution in [2.75, 3.05) is 0 Å². The Kier molecular flexibility index (Phi) is 1.99. The summed E-state index contributed by atoms with van der Waals surface area (Å²) in [5.41, 5.74) is 2.86. The van der Waals surface area contributed by atoms with Gasteiger partial charge in [-0.25, -0.2) is 0 Å². The van der Waals surface area contributed by atoms with Crippen LogP contribution in [0.1, 0.15) is 23.5 Å². The molecule has 1 atom stereocenters. The Hall–Kier alpha value is -1.69. The first-order chi connectivity index (χ1) is 7.45. The van der Waals surface area contributed by atoms with Crippen LogP contribution in [0.3, 0.4) is 0 Å². The van der Waals surface area contributed by atoms with E-state index in [1.54, 1.807) is 5.92 Å². The normalized spacial score (nSPS) is 18.9. The maximum absolute atomic E-state index is 2.22. The van der Waals surface area contributed by atoms with E-state index >= 15 is 0 Å². The Morgan fingerprint density at radius 2 is 1.40 bits per heavy atom. The first-order valence-electron chi connectivity index (χ1n) is 5.41. The zero-order valence-electron chi connectivity index (χ0n) is 8.56. The van der Waals surface area contributed by atoms with Gasteiger partial charge < -0.3 is 0 Å². The summed E-state index contributed by atoms with van der Waals surface area (Å²) < 4.78 is 0. The molecule has 0 aromatic heterocycles. The van der Waals surface area contributed by atoms with Crippen molar-refractivity contribution in [3.05, 3.63) is 77.7 Å². The largest absolute Gasteiger partial charge is 0.133 e. The van der Waals surface area contributed by atoms with Crippen LogP contribution in [0.15, 0.2) is 60.7 Å². The van der Waals surface area contributed by atoms with Crippen LogP contribution in [0.4, 0.5) is 0 Å². The van der Waals surface area contributed by atoms with Gasteiger partial charge in [0.2, 0.25) is 0 Å². The van der Waals surface area contributed by atoms with Crippen LogP contribution in [0.25, 0.3) is 0 Å². The molecule has 0 radical (unpaired) electrons. The van der Waals surface area contributed by atoms with Crippen LogP contribution in [-0.2, 0) is 0 Å². The molecule has 1 fully saturated rings. The first-order valence-corrected chi connectivity index (χ1v) is 5.41. The lowest BCUT2D eigenvalue weighted by atomic mass is 10.0. The van der Waals surface area contributed by atoms with Crippen LogP contribution >= 0.6 is 0 Å². The van der Waals surface area contributed by atoms with E-state index in [1.165, 1.54) is 17.5 Å². The van der Waals surface area contributed by atoms with Gasteiger partial charge in [-0.05, 0) is 23.8 Å². The minimum atomic E-state index is 0.675. The molecule has 0 aliphatic heterocycles. The number of hydrogen-bond donors (Lipinski definition) is 0. The Labute approximate surface area is 90.6 Å². The lowest BCUT2D eigenvalue weighted by Gasteiger charge is -1.94. The van der Waals surface area contributed by atoms with Gasteiger partial charge in [0, 0.05) is 24.5 Å².